The molecule has 4 aromatic rings. The summed E-state index contributed by atoms with van der Waals surface area (Å²) < 4.78 is 5.37. The highest BCUT2D eigenvalue weighted by Crippen LogP contribution is 2.36. The quantitative estimate of drug-likeness (QED) is 0.521. The molecule has 0 radical (unpaired) electrons. The lowest BCUT2D eigenvalue weighted by Gasteiger charge is -2.01. The fourth-order valence-corrected chi connectivity index (χ4v) is 5.78. The van der Waals surface area contributed by atoms with Gasteiger partial charge in [-0.05, 0) is 40.0 Å². The van der Waals surface area contributed by atoms with E-state index in [4.69, 9.17) is 0 Å². The minimum Gasteiger partial charge on any atom is -0.149 e. The second-order valence-electron chi connectivity index (χ2n) is 4.42. The van der Waals surface area contributed by atoms with Gasteiger partial charge in [-0.25, -0.2) is 0 Å². The van der Waals surface area contributed by atoms with Crippen LogP contribution in [0.5, 0.6) is 0 Å². The summed E-state index contributed by atoms with van der Waals surface area (Å²) in [7, 11) is 0. The molecule has 0 aliphatic heterocycles. The van der Waals surface area contributed by atoms with Crippen LogP contribution in [0.3, 0.4) is 0 Å². The van der Waals surface area contributed by atoms with Gasteiger partial charge in [-0.15, -0.1) is 39.1 Å². The van der Waals surface area contributed by atoms with E-state index >= 15 is 0 Å². The van der Waals surface area contributed by atoms with Crippen LogP contribution in [-0.4, -0.2) is 9.59 Å². The molecule has 0 saturated carbocycles. The first-order valence-corrected chi connectivity index (χ1v) is 9.52. The standard InChI is InChI=1S/C14H10N2S4/c1-3-9(17-5-1)7-11-12(8-10-4-2-6-18-10)19-14-13(11)20-16-15-14/h1-6H,7-8H2. The molecule has 0 amide bonds. The van der Waals surface area contributed by atoms with Gasteiger partial charge in [0.25, 0.3) is 0 Å². The number of rotatable bonds is 4. The number of thiophene rings is 3. The zero-order valence-electron chi connectivity index (χ0n) is 10.4. The third-order valence-electron chi connectivity index (χ3n) is 3.13. The van der Waals surface area contributed by atoms with Crippen LogP contribution in [0.1, 0.15) is 20.2 Å². The van der Waals surface area contributed by atoms with Crippen LogP contribution in [0.2, 0.25) is 0 Å². The molecule has 0 spiro atoms. The molecule has 0 aliphatic rings. The van der Waals surface area contributed by atoms with E-state index in [0.29, 0.717) is 0 Å². The van der Waals surface area contributed by atoms with E-state index in [9.17, 15) is 0 Å². The Balaban J connectivity index is 1.77. The molecule has 4 heterocycles. The zero-order valence-corrected chi connectivity index (χ0v) is 13.7. The van der Waals surface area contributed by atoms with Crippen molar-refractivity contribution >= 4 is 55.1 Å². The maximum atomic E-state index is 4.25. The summed E-state index contributed by atoms with van der Waals surface area (Å²) in [4.78, 5) is 5.36. The summed E-state index contributed by atoms with van der Waals surface area (Å²) in [5.74, 6) is 0. The van der Waals surface area contributed by atoms with E-state index in [1.165, 1.54) is 36.4 Å². The lowest BCUT2D eigenvalue weighted by Crippen LogP contribution is -1.89. The van der Waals surface area contributed by atoms with Crippen LogP contribution >= 0.6 is 45.5 Å². The van der Waals surface area contributed by atoms with Gasteiger partial charge in [-0.3, -0.25) is 0 Å². The van der Waals surface area contributed by atoms with Crippen molar-refractivity contribution in [3.05, 3.63) is 55.2 Å². The summed E-state index contributed by atoms with van der Waals surface area (Å²) in [6.07, 6.45) is 2.02. The first-order chi connectivity index (χ1) is 9.90. The fourth-order valence-electron chi connectivity index (χ4n) is 2.22. The number of hydrogen-bond donors (Lipinski definition) is 0. The van der Waals surface area contributed by atoms with Crippen LogP contribution in [0.4, 0.5) is 0 Å². The highest BCUT2D eigenvalue weighted by molar-refractivity contribution is 7.25. The largest absolute Gasteiger partial charge is 0.159 e. The Kier molecular flexibility index (Phi) is 3.39. The minimum absolute atomic E-state index is 1.00. The Labute approximate surface area is 132 Å². The lowest BCUT2D eigenvalue weighted by atomic mass is 10.1. The number of hydrogen-bond acceptors (Lipinski definition) is 6. The van der Waals surface area contributed by atoms with Gasteiger partial charge >= 0.3 is 0 Å². The van der Waals surface area contributed by atoms with Crippen molar-refractivity contribution in [3.8, 4) is 0 Å². The van der Waals surface area contributed by atoms with Gasteiger partial charge in [0.15, 0.2) is 4.83 Å². The van der Waals surface area contributed by atoms with E-state index in [1.54, 1.807) is 11.3 Å². The van der Waals surface area contributed by atoms with Gasteiger partial charge in [-0.1, -0.05) is 16.6 Å². The molecule has 0 aromatic carbocycles. The van der Waals surface area contributed by atoms with Gasteiger partial charge in [0.2, 0.25) is 0 Å². The Morgan fingerprint density at radius 1 is 0.950 bits per heavy atom. The zero-order chi connectivity index (χ0) is 13.4. The fraction of sp³-hybridized carbons (Fsp3) is 0.143. The van der Waals surface area contributed by atoms with Crippen molar-refractivity contribution in [1.82, 2.24) is 9.59 Å². The first-order valence-electron chi connectivity index (χ1n) is 6.17. The van der Waals surface area contributed by atoms with Crippen molar-refractivity contribution in [3.63, 3.8) is 0 Å². The predicted octanol–water partition coefficient (Wildman–Crippen LogP) is 5.06. The molecule has 0 unspecified atom stereocenters. The SMILES string of the molecule is c1csc(Cc2sc3nnsc3c2Cc2cccs2)c1. The van der Waals surface area contributed by atoms with Gasteiger partial charge in [0.05, 0.1) is 4.70 Å². The van der Waals surface area contributed by atoms with Gasteiger partial charge in [0.1, 0.15) is 0 Å². The number of aromatic nitrogens is 2. The van der Waals surface area contributed by atoms with Crippen molar-refractivity contribution < 1.29 is 0 Å². The Morgan fingerprint density at radius 3 is 2.40 bits per heavy atom. The normalized spacial score (nSPS) is 11.4. The second-order valence-corrected chi connectivity index (χ2v) is 8.33. The second kappa shape index (κ2) is 5.37. The highest BCUT2D eigenvalue weighted by atomic mass is 32.1. The Bertz CT molecular complexity index is 809. The van der Waals surface area contributed by atoms with Crippen LogP contribution in [0, 0.1) is 0 Å². The predicted molar refractivity (Wildman–Crippen MR) is 89.5 cm³/mol. The van der Waals surface area contributed by atoms with Crippen LogP contribution in [-0.2, 0) is 12.8 Å². The van der Waals surface area contributed by atoms with Crippen LogP contribution in [0.15, 0.2) is 35.0 Å². The van der Waals surface area contributed by atoms with Crippen molar-refractivity contribution in [2.45, 2.75) is 12.8 Å². The summed E-state index contributed by atoms with van der Waals surface area (Å²) in [5.41, 5.74) is 1.43. The van der Waals surface area contributed by atoms with Crippen molar-refractivity contribution in [2.24, 2.45) is 0 Å². The first kappa shape index (κ1) is 12.6. The molecular formula is C14H10N2S4. The van der Waals surface area contributed by atoms with E-state index in [-0.39, 0.29) is 0 Å². The molecule has 0 atom stereocenters. The molecule has 20 heavy (non-hydrogen) atoms. The van der Waals surface area contributed by atoms with E-state index < -0.39 is 0 Å². The topological polar surface area (TPSA) is 25.8 Å². The smallest absolute Gasteiger partial charge is 0.149 e. The number of fused-ring (bicyclic) bond motifs is 1. The van der Waals surface area contributed by atoms with Gasteiger partial charge in [0, 0.05) is 27.5 Å². The molecule has 0 N–H and O–H groups in total. The van der Waals surface area contributed by atoms with Crippen molar-refractivity contribution in [1.29, 1.82) is 0 Å². The van der Waals surface area contributed by atoms with Crippen LogP contribution in [0.25, 0.3) is 9.53 Å². The highest BCUT2D eigenvalue weighted by Gasteiger charge is 2.16. The van der Waals surface area contributed by atoms with Crippen LogP contribution < -0.4 is 0 Å². The lowest BCUT2D eigenvalue weighted by molar-refractivity contribution is 1.19. The minimum atomic E-state index is 1.00. The monoisotopic (exact) mass is 334 g/mol. The van der Waals surface area contributed by atoms with E-state index in [1.807, 2.05) is 22.7 Å². The van der Waals surface area contributed by atoms with E-state index in [2.05, 4.69) is 44.6 Å². The molecule has 4 aromatic heterocycles. The summed E-state index contributed by atoms with van der Waals surface area (Å²) in [5, 5.41) is 8.54. The molecular weight excluding hydrogens is 324 g/mol. The molecule has 0 bridgehead atoms. The summed E-state index contributed by atoms with van der Waals surface area (Å²) >= 11 is 6.97. The van der Waals surface area contributed by atoms with Gasteiger partial charge < -0.3 is 0 Å². The maximum absolute atomic E-state index is 4.25. The molecule has 0 fully saturated rings. The Morgan fingerprint density at radius 2 is 1.70 bits per heavy atom. The summed E-state index contributed by atoms with van der Waals surface area (Å²) in [6, 6.07) is 8.65. The van der Waals surface area contributed by atoms with Gasteiger partial charge in [-0.2, -0.15) is 0 Å². The molecule has 100 valence electrons. The van der Waals surface area contributed by atoms with E-state index in [0.717, 1.165) is 17.7 Å². The van der Waals surface area contributed by atoms with Crippen molar-refractivity contribution in [2.75, 3.05) is 0 Å². The molecule has 6 heteroatoms. The summed E-state index contributed by atoms with van der Waals surface area (Å²) in [6.45, 7) is 0. The molecule has 0 aliphatic carbocycles. The maximum Gasteiger partial charge on any atom is 0.159 e. The third kappa shape index (κ3) is 2.33. The third-order valence-corrected chi connectivity index (χ3v) is 6.92. The average Bonchev–Trinajstić information content (AvgIpc) is 3.19. The molecule has 0 saturated heterocycles. The molecule has 2 nitrogen and oxygen atoms in total. The Hall–Kier alpha value is -1.08. The molecule has 4 rings (SSSR count). The average molecular weight is 335 g/mol. The number of nitrogens with zero attached hydrogens (tertiary/aromatic N) is 2.